The van der Waals surface area contributed by atoms with Gasteiger partial charge in [0, 0.05) is 0 Å². The third-order valence-corrected chi connectivity index (χ3v) is 3.28. The van der Waals surface area contributed by atoms with Gasteiger partial charge in [0.1, 0.15) is 0 Å². The zero-order valence-corrected chi connectivity index (χ0v) is 9.28. The Morgan fingerprint density at radius 3 is 2.64 bits per heavy atom. The van der Waals surface area contributed by atoms with Gasteiger partial charge in [-0.1, -0.05) is 31.2 Å². The van der Waals surface area contributed by atoms with Crippen molar-refractivity contribution in [3.63, 3.8) is 0 Å². The summed E-state index contributed by atoms with van der Waals surface area (Å²) in [6.07, 6.45) is 13.8. The molecule has 0 heteroatoms. The first kappa shape index (κ1) is 11.3. The lowest BCUT2D eigenvalue weighted by Gasteiger charge is -2.18. The quantitative estimate of drug-likeness (QED) is 0.565. The Morgan fingerprint density at radius 2 is 2.07 bits per heavy atom. The summed E-state index contributed by atoms with van der Waals surface area (Å²) in [7, 11) is 0. The Kier molecular flexibility index (Phi) is 4.72. The van der Waals surface area contributed by atoms with Crippen LogP contribution in [0.4, 0.5) is 0 Å². The van der Waals surface area contributed by atoms with Crippen molar-refractivity contribution in [3.8, 4) is 0 Å². The van der Waals surface area contributed by atoms with E-state index in [1.54, 1.807) is 0 Å². The fourth-order valence-corrected chi connectivity index (χ4v) is 2.50. The smallest absolute Gasteiger partial charge is 0.0139 e. The molecule has 1 aliphatic carbocycles. The van der Waals surface area contributed by atoms with Crippen LogP contribution < -0.4 is 0 Å². The fourth-order valence-electron chi connectivity index (χ4n) is 2.50. The van der Waals surface area contributed by atoms with Crippen LogP contribution in [0.15, 0.2) is 37.5 Å². The van der Waals surface area contributed by atoms with Crippen LogP contribution in [0.3, 0.4) is 0 Å². The molecule has 0 radical (unpaired) electrons. The Hall–Kier alpha value is -0.780. The molecule has 0 N–H and O–H groups in total. The molecular formula is C14H22. The summed E-state index contributed by atoms with van der Waals surface area (Å²) in [5.74, 6) is 2.21. The Balaban J connectivity index is 2.64. The van der Waals surface area contributed by atoms with Gasteiger partial charge in [0.15, 0.2) is 0 Å². The molecule has 0 saturated heterocycles. The molecule has 0 bridgehead atoms. The topological polar surface area (TPSA) is 0 Å². The van der Waals surface area contributed by atoms with Crippen LogP contribution in [0.1, 0.15) is 32.6 Å². The summed E-state index contributed by atoms with van der Waals surface area (Å²) >= 11 is 0. The first-order chi connectivity index (χ1) is 6.83. The molecule has 0 aromatic carbocycles. The molecule has 1 saturated carbocycles. The van der Waals surface area contributed by atoms with Gasteiger partial charge in [0.2, 0.25) is 0 Å². The average Bonchev–Trinajstić information content (AvgIpc) is 2.58. The third kappa shape index (κ3) is 2.60. The maximum atomic E-state index is 3.94. The first-order valence-corrected chi connectivity index (χ1v) is 5.73. The van der Waals surface area contributed by atoms with Crippen LogP contribution in [0.25, 0.3) is 0 Å². The van der Waals surface area contributed by atoms with Gasteiger partial charge >= 0.3 is 0 Å². The summed E-state index contributed by atoms with van der Waals surface area (Å²) < 4.78 is 0. The second kappa shape index (κ2) is 5.85. The molecule has 1 fully saturated rings. The molecule has 0 aromatic rings. The van der Waals surface area contributed by atoms with Crippen molar-refractivity contribution in [1.29, 1.82) is 0 Å². The van der Waals surface area contributed by atoms with E-state index in [4.69, 9.17) is 0 Å². The number of hydrogen-bond acceptors (Lipinski definition) is 0. The molecule has 0 unspecified atom stereocenters. The standard InChI is InChI=1S/C14H22/c1-4-7-9-14-12(6-3)10-11-13(14)8-5-2/h5-7,9,12-14H,2-4,8,10-11H2,1H3/b9-7+/t12-,13+,14+/m1/s1. The van der Waals surface area contributed by atoms with Crippen molar-refractivity contribution in [2.75, 3.05) is 0 Å². The largest absolute Gasteiger partial charge is 0.103 e. The van der Waals surface area contributed by atoms with Gasteiger partial charge in [-0.05, 0) is 43.4 Å². The van der Waals surface area contributed by atoms with Gasteiger partial charge in [-0.3, -0.25) is 0 Å². The minimum absolute atomic E-state index is 0.697. The second-order valence-electron chi connectivity index (χ2n) is 4.18. The van der Waals surface area contributed by atoms with Gasteiger partial charge < -0.3 is 0 Å². The predicted octanol–water partition coefficient (Wildman–Crippen LogP) is 4.36. The monoisotopic (exact) mass is 190 g/mol. The van der Waals surface area contributed by atoms with E-state index in [-0.39, 0.29) is 0 Å². The van der Waals surface area contributed by atoms with Crippen LogP contribution in [0.5, 0.6) is 0 Å². The summed E-state index contributed by atoms with van der Waals surface area (Å²) in [5.41, 5.74) is 0. The van der Waals surface area contributed by atoms with Gasteiger partial charge in [-0.15, -0.1) is 13.2 Å². The predicted molar refractivity (Wildman–Crippen MR) is 64.1 cm³/mol. The minimum Gasteiger partial charge on any atom is -0.103 e. The third-order valence-electron chi connectivity index (χ3n) is 3.28. The molecule has 0 nitrogen and oxygen atoms in total. The molecule has 0 spiro atoms. The number of hydrogen-bond donors (Lipinski definition) is 0. The van der Waals surface area contributed by atoms with Crippen molar-refractivity contribution in [2.45, 2.75) is 32.6 Å². The molecule has 1 aliphatic rings. The van der Waals surface area contributed by atoms with Crippen molar-refractivity contribution in [3.05, 3.63) is 37.5 Å². The van der Waals surface area contributed by atoms with E-state index in [2.05, 4.69) is 44.4 Å². The molecule has 78 valence electrons. The lowest BCUT2D eigenvalue weighted by molar-refractivity contribution is 0.425. The highest BCUT2D eigenvalue weighted by molar-refractivity contribution is 5.04. The molecule has 14 heavy (non-hydrogen) atoms. The Morgan fingerprint density at radius 1 is 1.29 bits per heavy atom. The van der Waals surface area contributed by atoms with Gasteiger partial charge in [-0.25, -0.2) is 0 Å². The van der Waals surface area contributed by atoms with E-state index in [9.17, 15) is 0 Å². The van der Waals surface area contributed by atoms with Crippen LogP contribution in [0.2, 0.25) is 0 Å². The minimum atomic E-state index is 0.697. The van der Waals surface area contributed by atoms with Gasteiger partial charge in [0.25, 0.3) is 0 Å². The van der Waals surface area contributed by atoms with E-state index in [1.807, 2.05) is 0 Å². The number of allylic oxidation sites excluding steroid dienone is 4. The molecule has 0 aromatic heterocycles. The molecule has 0 aliphatic heterocycles. The summed E-state index contributed by atoms with van der Waals surface area (Å²) in [6.45, 7) is 9.97. The van der Waals surface area contributed by atoms with Crippen molar-refractivity contribution in [2.24, 2.45) is 17.8 Å². The van der Waals surface area contributed by atoms with Crippen molar-refractivity contribution < 1.29 is 0 Å². The Labute approximate surface area is 88.4 Å². The van der Waals surface area contributed by atoms with E-state index in [0.717, 1.165) is 18.8 Å². The SMILES string of the molecule is C=CC[C@H]1CC[C@@H](C=C)[C@@H]1/C=C/CC. The fraction of sp³-hybridized carbons (Fsp3) is 0.571. The van der Waals surface area contributed by atoms with Gasteiger partial charge in [-0.2, -0.15) is 0 Å². The molecule has 1 rings (SSSR count). The van der Waals surface area contributed by atoms with E-state index < -0.39 is 0 Å². The van der Waals surface area contributed by atoms with E-state index in [1.165, 1.54) is 12.8 Å². The maximum Gasteiger partial charge on any atom is -0.0139 e. The Bertz CT molecular complexity index is 212. The maximum absolute atomic E-state index is 3.94. The number of rotatable bonds is 5. The zero-order valence-electron chi connectivity index (χ0n) is 9.28. The molecule has 0 heterocycles. The lowest BCUT2D eigenvalue weighted by atomic mass is 9.87. The highest BCUT2D eigenvalue weighted by Gasteiger charge is 2.31. The summed E-state index contributed by atoms with van der Waals surface area (Å²) in [5, 5.41) is 0. The van der Waals surface area contributed by atoms with Crippen molar-refractivity contribution >= 4 is 0 Å². The average molecular weight is 190 g/mol. The normalized spacial score (nSPS) is 32.2. The van der Waals surface area contributed by atoms with E-state index >= 15 is 0 Å². The summed E-state index contributed by atoms with van der Waals surface area (Å²) in [6, 6.07) is 0. The second-order valence-corrected chi connectivity index (χ2v) is 4.18. The summed E-state index contributed by atoms with van der Waals surface area (Å²) in [4.78, 5) is 0. The molecular weight excluding hydrogens is 168 g/mol. The van der Waals surface area contributed by atoms with Crippen LogP contribution in [-0.4, -0.2) is 0 Å². The van der Waals surface area contributed by atoms with Gasteiger partial charge in [0.05, 0.1) is 0 Å². The first-order valence-electron chi connectivity index (χ1n) is 5.73. The van der Waals surface area contributed by atoms with Crippen LogP contribution >= 0.6 is 0 Å². The highest BCUT2D eigenvalue weighted by Crippen LogP contribution is 2.40. The van der Waals surface area contributed by atoms with Crippen LogP contribution in [-0.2, 0) is 0 Å². The van der Waals surface area contributed by atoms with E-state index in [0.29, 0.717) is 11.8 Å². The molecule has 0 amide bonds. The highest BCUT2D eigenvalue weighted by atomic mass is 14.4. The zero-order chi connectivity index (χ0) is 10.4. The lowest BCUT2D eigenvalue weighted by Crippen LogP contribution is -2.10. The van der Waals surface area contributed by atoms with Crippen molar-refractivity contribution in [1.82, 2.24) is 0 Å². The van der Waals surface area contributed by atoms with Crippen LogP contribution in [0, 0.1) is 17.8 Å². The molecule has 3 atom stereocenters.